The van der Waals surface area contributed by atoms with Crippen LogP contribution in [0.3, 0.4) is 0 Å². The van der Waals surface area contributed by atoms with Crippen LogP contribution in [0.25, 0.3) is 0 Å². The summed E-state index contributed by atoms with van der Waals surface area (Å²) in [4.78, 5) is 4.19. The molecule has 0 aromatic carbocycles. The van der Waals surface area contributed by atoms with Gasteiger partial charge in [0.15, 0.2) is 0 Å². The van der Waals surface area contributed by atoms with Crippen LogP contribution in [0.2, 0.25) is 0 Å². The van der Waals surface area contributed by atoms with Crippen molar-refractivity contribution < 1.29 is 0 Å². The molecule has 0 aliphatic carbocycles. The Bertz CT molecular complexity index is 221. The van der Waals surface area contributed by atoms with Gasteiger partial charge in [-0.3, -0.25) is 0 Å². The van der Waals surface area contributed by atoms with E-state index in [1.54, 1.807) is 6.33 Å². The Hall–Kier alpha value is -0.480. The molecular weight excluding hydrogens is 182 g/mol. The molecule has 74 valence electrons. The predicted octanol–water partition coefficient (Wildman–Crippen LogP) is 1.71. The topological polar surface area (TPSA) is 37.8 Å². The molecule has 4 heteroatoms. The van der Waals surface area contributed by atoms with Gasteiger partial charge in [-0.05, 0) is 24.0 Å². The molecule has 1 heterocycles. The molecule has 0 saturated heterocycles. The van der Waals surface area contributed by atoms with E-state index in [1.165, 1.54) is 11.5 Å². The van der Waals surface area contributed by atoms with Crippen LogP contribution in [0.15, 0.2) is 6.33 Å². The second-order valence-electron chi connectivity index (χ2n) is 3.45. The zero-order chi connectivity index (χ0) is 9.68. The van der Waals surface area contributed by atoms with Crippen LogP contribution < -0.4 is 5.32 Å². The molecule has 0 radical (unpaired) electrons. The summed E-state index contributed by atoms with van der Waals surface area (Å²) in [5.74, 6) is 0.642. The standard InChI is InChI=1S/C9H17N3S/c1-4-10-8(7(2)3)5-9-11-6-12-13-9/h6-8,10H,4-5H2,1-3H3. The molecule has 1 aromatic heterocycles. The lowest BCUT2D eigenvalue weighted by Gasteiger charge is -2.20. The molecule has 1 rings (SSSR count). The number of nitrogens with one attached hydrogen (secondary N) is 1. The van der Waals surface area contributed by atoms with Crippen molar-refractivity contribution >= 4 is 11.5 Å². The fourth-order valence-electron chi connectivity index (χ4n) is 1.28. The predicted molar refractivity (Wildman–Crippen MR) is 55.9 cm³/mol. The largest absolute Gasteiger partial charge is 0.314 e. The van der Waals surface area contributed by atoms with E-state index in [0.717, 1.165) is 18.0 Å². The minimum Gasteiger partial charge on any atom is -0.314 e. The van der Waals surface area contributed by atoms with Crippen LogP contribution in [0.5, 0.6) is 0 Å². The van der Waals surface area contributed by atoms with Gasteiger partial charge in [-0.25, -0.2) is 4.98 Å². The van der Waals surface area contributed by atoms with Gasteiger partial charge in [-0.1, -0.05) is 20.8 Å². The Labute approximate surface area is 83.8 Å². The zero-order valence-corrected chi connectivity index (χ0v) is 9.27. The van der Waals surface area contributed by atoms with Crippen molar-refractivity contribution in [3.63, 3.8) is 0 Å². The van der Waals surface area contributed by atoms with Gasteiger partial charge in [-0.2, -0.15) is 4.37 Å². The number of rotatable bonds is 5. The number of hydrogen-bond acceptors (Lipinski definition) is 4. The van der Waals surface area contributed by atoms with Gasteiger partial charge >= 0.3 is 0 Å². The van der Waals surface area contributed by atoms with Crippen molar-refractivity contribution in [3.8, 4) is 0 Å². The highest BCUT2D eigenvalue weighted by molar-refractivity contribution is 7.05. The van der Waals surface area contributed by atoms with E-state index < -0.39 is 0 Å². The normalized spacial score (nSPS) is 13.5. The first-order valence-corrected chi connectivity index (χ1v) is 5.50. The summed E-state index contributed by atoms with van der Waals surface area (Å²) < 4.78 is 4.00. The van der Waals surface area contributed by atoms with Crippen LogP contribution in [0, 0.1) is 5.92 Å². The first kappa shape index (κ1) is 10.6. The van der Waals surface area contributed by atoms with Crippen molar-refractivity contribution in [2.45, 2.75) is 33.2 Å². The molecule has 0 spiro atoms. The van der Waals surface area contributed by atoms with Gasteiger partial charge in [0.25, 0.3) is 0 Å². The molecule has 13 heavy (non-hydrogen) atoms. The van der Waals surface area contributed by atoms with E-state index in [4.69, 9.17) is 0 Å². The minimum atomic E-state index is 0.526. The second-order valence-corrected chi connectivity index (χ2v) is 4.31. The van der Waals surface area contributed by atoms with Gasteiger partial charge in [0.1, 0.15) is 11.3 Å². The second kappa shape index (κ2) is 5.29. The molecule has 0 amide bonds. The third-order valence-electron chi connectivity index (χ3n) is 2.07. The van der Waals surface area contributed by atoms with E-state index in [1.807, 2.05) is 0 Å². The van der Waals surface area contributed by atoms with Crippen LogP contribution >= 0.6 is 11.5 Å². The lowest BCUT2D eigenvalue weighted by molar-refractivity contribution is 0.405. The Morgan fingerprint density at radius 1 is 1.54 bits per heavy atom. The molecular formula is C9H17N3S. The maximum atomic E-state index is 4.19. The van der Waals surface area contributed by atoms with Crippen molar-refractivity contribution in [1.82, 2.24) is 14.7 Å². The van der Waals surface area contributed by atoms with Gasteiger partial charge < -0.3 is 5.32 Å². The molecule has 0 aliphatic heterocycles. The molecule has 1 atom stereocenters. The van der Waals surface area contributed by atoms with Gasteiger partial charge in [0.2, 0.25) is 0 Å². The summed E-state index contributed by atoms with van der Waals surface area (Å²) >= 11 is 1.49. The zero-order valence-electron chi connectivity index (χ0n) is 8.45. The summed E-state index contributed by atoms with van der Waals surface area (Å²) in [5.41, 5.74) is 0. The molecule has 0 bridgehead atoms. The third-order valence-corrected chi connectivity index (χ3v) is 2.76. The molecule has 1 aromatic rings. The Morgan fingerprint density at radius 3 is 2.77 bits per heavy atom. The van der Waals surface area contributed by atoms with Crippen molar-refractivity contribution in [3.05, 3.63) is 11.3 Å². The third kappa shape index (κ3) is 3.40. The Kier molecular flexibility index (Phi) is 4.32. The van der Waals surface area contributed by atoms with E-state index in [2.05, 4.69) is 35.4 Å². The van der Waals surface area contributed by atoms with Crippen LogP contribution in [0.4, 0.5) is 0 Å². The lowest BCUT2D eigenvalue weighted by Crippen LogP contribution is -2.35. The number of aromatic nitrogens is 2. The van der Waals surface area contributed by atoms with Crippen molar-refractivity contribution in [1.29, 1.82) is 0 Å². The first-order chi connectivity index (χ1) is 6.24. The molecule has 1 N–H and O–H groups in total. The van der Waals surface area contributed by atoms with E-state index in [-0.39, 0.29) is 0 Å². The molecule has 0 fully saturated rings. The van der Waals surface area contributed by atoms with E-state index in [9.17, 15) is 0 Å². The Balaban J connectivity index is 2.47. The van der Waals surface area contributed by atoms with Crippen LogP contribution in [-0.4, -0.2) is 21.9 Å². The summed E-state index contributed by atoms with van der Waals surface area (Å²) in [6, 6.07) is 0.526. The van der Waals surface area contributed by atoms with Crippen molar-refractivity contribution in [2.24, 2.45) is 5.92 Å². The minimum absolute atomic E-state index is 0.526. The van der Waals surface area contributed by atoms with Gasteiger partial charge in [0.05, 0.1) is 0 Å². The smallest absolute Gasteiger partial charge is 0.129 e. The van der Waals surface area contributed by atoms with Crippen LogP contribution in [0.1, 0.15) is 25.8 Å². The van der Waals surface area contributed by atoms with Gasteiger partial charge in [0, 0.05) is 12.5 Å². The fraction of sp³-hybridized carbons (Fsp3) is 0.778. The van der Waals surface area contributed by atoms with E-state index in [0.29, 0.717) is 12.0 Å². The summed E-state index contributed by atoms with van der Waals surface area (Å²) in [5, 5.41) is 4.58. The lowest BCUT2D eigenvalue weighted by atomic mass is 10.0. The summed E-state index contributed by atoms with van der Waals surface area (Å²) in [6.45, 7) is 7.61. The number of hydrogen-bond donors (Lipinski definition) is 1. The van der Waals surface area contributed by atoms with Crippen molar-refractivity contribution in [2.75, 3.05) is 6.54 Å². The average molecular weight is 199 g/mol. The molecule has 0 saturated carbocycles. The first-order valence-electron chi connectivity index (χ1n) is 4.73. The number of likely N-dealkylation sites (N-methyl/N-ethyl adjacent to an activating group) is 1. The fourth-order valence-corrected chi connectivity index (χ4v) is 1.84. The van der Waals surface area contributed by atoms with Gasteiger partial charge in [-0.15, -0.1) is 0 Å². The summed E-state index contributed by atoms with van der Waals surface area (Å²) in [7, 11) is 0. The highest BCUT2D eigenvalue weighted by Gasteiger charge is 2.13. The molecule has 0 aliphatic rings. The highest BCUT2D eigenvalue weighted by atomic mass is 32.1. The SMILES string of the molecule is CCNC(Cc1ncns1)C(C)C. The maximum absolute atomic E-state index is 4.19. The van der Waals surface area contributed by atoms with Crippen LogP contribution in [-0.2, 0) is 6.42 Å². The Morgan fingerprint density at radius 2 is 2.31 bits per heavy atom. The quantitative estimate of drug-likeness (QED) is 0.784. The molecule has 1 unspecified atom stereocenters. The number of nitrogens with zero attached hydrogens (tertiary/aromatic N) is 2. The highest BCUT2D eigenvalue weighted by Crippen LogP contribution is 2.10. The summed E-state index contributed by atoms with van der Waals surface area (Å²) in [6.07, 6.45) is 2.62. The molecule has 3 nitrogen and oxygen atoms in total. The maximum Gasteiger partial charge on any atom is 0.129 e. The van der Waals surface area contributed by atoms with E-state index >= 15 is 0 Å². The monoisotopic (exact) mass is 199 g/mol. The average Bonchev–Trinajstić information content (AvgIpc) is 2.56.